The summed E-state index contributed by atoms with van der Waals surface area (Å²) in [5, 5.41) is 32.5. The van der Waals surface area contributed by atoms with Crippen LogP contribution < -0.4 is 5.32 Å². The number of nitrogens with zero attached hydrogens (tertiary/aromatic N) is 3. The molecule has 0 bridgehead atoms. The number of amides is 1. The zero-order chi connectivity index (χ0) is 24.6. The molecule has 1 heterocycles. The minimum absolute atomic E-state index is 0.188. The SMILES string of the molecule is N#Cc1cccc(CN(Cc2cccc(C#N)c2)[C@@H]2CO[C@H](CNC(=O)c3ccccc3)[C@H]2O)c1. The van der Waals surface area contributed by atoms with E-state index in [-0.39, 0.29) is 18.5 Å². The fourth-order valence-corrected chi connectivity index (χ4v) is 4.29. The van der Waals surface area contributed by atoms with Crippen molar-refractivity contribution in [2.45, 2.75) is 31.3 Å². The molecular weight excluding hydrogens is 440 g/mol. The Morgan fingerprint density at radius 3 is 2.11 bits per heavy atom. The first-order valence-electron chi connectivity index (χ1n) is 11.4. The topological polar surface area (TPSA) is 109 Å². The molecule has 0 aliphatic carbocycles. The number of aliphatic hydroxyl groups is 1. The number of nitriles is 2. The van der Waals surface area contributed by atoms with Crippen LogP contribution in [0, 0.1) is 22.7 Å². The normalized spacial score (nSPS) is 19.1. The van der Waals surface area contributed by atoms with Gasteiger partial charge in [0.1, 0.15) is 6.10 Å². The molecule has 1 amide bonds. The Balaban J connectivity index is 1.49. The van der Waals surface area contributed by atoms with E-state index in [1.165, 1.54) is 0 Å². The zero-order valence-electron chi connectivity index (χ0n) is 19.2. The maximum atomic E-state index is 12.4. The third-order valence-electron chi connectivity index (χ3n) is 6.11. The van der Waals surface area contributed by atoms with Crippen LogP contribution in [-0.2, 0) is 17.8 Å². The maximum absolute atomic E-state index is 12.4. The molecule has 0 saturated carbocycles. The van der Waals surface area contributed by atoms with Gasteiger partial charge in [0.2, 0.25) is 0 Å². The van der Waals surface area contributed by atoms with E-state index >= 15 is 0 Å². The standard InChI is InChI=1S/C28H26N4O3/c29-14-20-6-4-8-22(12-20)17-32(18-23-9-5-7-21(13-23)15-30)25-19-35-26(27(25)33)16-31-28(34)24-10-2-1-3-11-24/h1-13,25-27,33H,16-19H2,(H,31,34)/t25-,26-,27+/m1/s1. The molecule has 35 heavy (non-hydrogen) atoms. The van der Waals surface area contributed by atoms with Gasteiger partial charge in [-0.25, -0.2) is 0 Å². The van der Waals surface area contributed by atoms with E-state index < -0.39 is 12.2 Å². The van der Waals surface area contributed by atoms with Gasteiger partial charge in [0.25, 0.3) is 5.91 Å². The Morgan fingerprint density at radius 1 is 0.943 bits per heavy atom. The molecular formula is C28H26N4O3. The second-order valence-corrected chi connectivity index (χ2v) is 8.54. The lowest BCUT2D eigenvalue weighted by Crippen LogP contribution is -2.46. The Labute approximate surface area is 204 Å². The summed E-state index contributed by atoms with van der Waals surface area (Å²) >= 11 is 0. The minimum atomic E-state index is -0.829. The molecule has 1 fully saturated rings. The fourth-order valence-electron chi connectivity index (χ4n) is 4.29. The van der Waals surface area contributed by atoms with E-state index in [9.17, 15) is 20.4 Å². The monoisotopic (exact) mass is 466 g/mol. The van der Waals surface area contributed by atoms with E-state index in [0.29, 0.717) is 36.4 Å². The van der Waals surface area contributed by atoms with Crippen molar-refractivity contribution >= 4 is 5.91 Å². The van der Waals surface area contributed by atoms with Crippen LogP contribution in [0.4, 0.5) is 0 Å². The minimum Gasteiger partial charge on any atom is -0.389 e. The van der Waals surface area contributed by atoms with Gasteiger partial charge in [-0.2, -0.15) is 10.5 Å². The van der Waals surface area contributed by atoms with Crippen LogP contribution in [-0.4, -0.2) is 47.3 Å². The van der Waals surface area contributed by atoms with Gasteiger partial charge in [-0.15, -0.1) is 0 Å². The molecule has 0 unspecified atom stereocenters. The first-order valence-corrected chi connectivity index (χ1v) is 11.4. The Hall–Kier alpha value is -4.01. The first-order chi connectivity index (χ1) is 17.1. The van der Waals surface area contributed by atoms with Gasteiger partial charge >= 0.3 is 0 Å². The van der Waals surface area contributed by atoms with E-state index in [4.69, 9.17) is 4.74 Å². The van der Waals surface area contributed by atoms with Crippen molar-refractivity contribution in [1.82, 2.24) is 10.2 Å². The van der Waals surface area contributed by atoms with Crippen LogP contribution in [0.3, 0.4) is 0 Å². The largest absolute Gasteiger partial charge is 0.389 e. The van der Waals surface area contributed by atoms with Gasteiger partial charge in [0, 0.05) is 25.2 Å². The summed E-state index contributed by atoms with van der Waals surface area (Å²) in [6.07, 6.45) is -1.38. The number of hydrogen-bond donors (Lipinski definition) is 2. The van der Waals surface area contributed by atoms with Crippen LogP contribution in [0.25, 0.3) is 0 Å². The molecule has 1 aliphatic heterocycles. The average Bonchev–Trinajstić information content (AvgIpc) is 3.27. The van der Waals surface area contributed by atoms with Crippen molar-refractivity contribution in [2.75, 3.05) is 13.2 Å². The van der Waals surface area contributed by atoms with Crippen LogP contribution in [0.1, 0.15) is 32.6 Å². The van der Waals surface area contributed by atoms with E-state index in [1.54, 1.807) is 36.4 Å². The van der Waals surface area contributed by atoms with Crippen molar-refractivity contribution in [1.29, 1.82) is 10.5 Å². The van der Waals surface area contributed by atoms with Crippen molar-refractivity contribution < 1.29 is 14.6 Å². The molecule has 1 aliphatic rings. The van der Waals surface area contributed by atoms with Crippen molar-refractivity contribution in [2.24, 2.45) is 0 Å². The molecule has 2 N–H and O–H groups in total. The van der Waals surface area contributed by atoms with E-state index in [0.717, 1.165) is 11.1 Å². The Morgan fingerprint density at radius 2 is 1.54 bits per heavy atom. The number of carbonyl (C=O) groups excluding carboxylic acids is 1. The molecule has 0 radical (unpaired) electrons. The first kappa shape index (κ1) is 24.1. The summed E-state index contributed by atoms with van der Waals surface area (Å²) < 4.78 is 5.90. The van der Waals surface area contributed by atoms with E-state index in [2.05, 4.69) is 22.4 Å². The summed E-state index contributed by atoms with van der Waals surface area (Å²) in [5.74, 6) is -0.219. The Kier molecular flexibility index (Phi) is 7.87. The third-order valence-corrected chi connectivity index (χ3v) is 6.11. The molecule has 3 aromatic carbocycles. The van der Waals surface area contributed by atoms with Crippen LogP contribution in [0.2, 0.25) is 0 Å². The van der Waals surface area contributed by atoms with E-state index in [1.807, 2.05) is 42.5 Å². The maximum Gasteiger partial charge on any atom is 0.251 e. The highest BCUT2D eigenvalue weighted by atomic mass is 16.5. The lowest BCUT2D eigenvalue weighted by atomic mass is 10.0. The number of nitrogens with one attached hydrogen (secondary N) is 1. The molecule has 1 saturated heterocycles. The van der Waals surface area contributed by atoms with Crippen LogP contribution in [0.15, 0.2) is 78.9 Å². The predicted octanol–water partition coefficient (Wildman–Crippen LogP) is 2.99. The average molecular weight is 467 g/mol. The quantitative estimate of drug-likeness (QED) is 0.528. The number of hydrogen-bond acceptors (Lipinski definition) is 6. The number of ether oxygens (including phenoxy) is 1. The van der Waals surface area contributed by atoms with Crippen molar-refractivity contribution in [3.8, 4) is 12.1 Å². The molecule has 4 rings (SSSR count). The van der Waals surface area contributed by atoms with Gasteiger partial charge in [-0.05, 0) is 47.5 Å². The lowest BCUT2D eigenvalue weighted by Gasteiger charge is -2.31. The molecule has 3 aromatic rings. The molecule has 3 atom stereocenters. The molecule has 0 aromatic heterocycles. The predicted molar refractivity (Wildman–Crippen MR) is 130 cm³/mol. The highest BCUT2D eigenvalue weighted by molar-refractivity contribution is 5.94. The molecule has 0 spiro atoms. The Bertz CT molecular complexity index is 1190. The summed E-state index contributed by atoms with van der Waals surface area (Å²) in [6, 6.07) is 27.6. The number of rotatable bonds is 8. The molecule has 7 nitrogen and oxygen atoms in total. The third kappa shape index (κ3) is 6.11. The summed E-state index contributed by atoms with van der Waals surface area (Å²) in [6.45, 7) is 1.46. The van der Waals surface area contributed by atoms with Gasteiger partial charge in [-0.1, -0.05) is 42.5 Å². The zero-order valence-corrected chi connectivity index (χ0v) is 19.2. The number of carbonyl (C=O) groups is 1. The van der Waals surface area contributed by atoms with Gasteiger partial charge < -0.3 is 15.2 Å². The lowest BCUT2D eigenvalue weighted by molar-refractivity contribution is 0.0300. The van der Waals surface area contributed by atoms with Gasteiger partial charge in [0.15, 0.2) is 0 Å². The highest BCUT2D eigenvalue weighted by Gasteiger charge is 2.39. The highest BCUT2D eigenvalue weighted by Crippen LogP contribution is 2.24. The van der Waals surface area contributed by atoms with Crippen LogP contribution in [0.5, 0.6) is 0 Å². The van der Waals surface area contributed by atoms with Crippen molar-refractivity contribution in [3.63, 3.8) is 0 Å². The summed E-state index contributed by atoms with van der Waals surface area (Å²) in [5.41, 5.74) is 3.56. The summed E-state index contributed by atoms with van der Waals surface area (Å²) in [7, 11) is 0. The molecule has 176 valence electrons. The smallest absolute Gasteiger partial charge is 0.251 e. The summed E-state index contributed by atoms with van der Waals surface area (Å²) in [4.78, 5) is 14.5. The number of benzene rings is 3. The van der Waals surface area contributed by atoms with Crippen LogP contribution >= 0.6 is 0 Å². The van der Waals surface area contributed by atoms with Gasteiger partial charge in [0.05, 0.1) is 42.0 Å². The second-order valence-electron chi connectivity index (χ2n) is 8.54. The van der Waals surface area contributed by atoms with Crippen molar-refractivity contribution in [3.05, 3.63) is 107 Å². The van der Waals surface area contributed by atoms with Gasteiger partial charge in [-0.3, -0.25) is 9.69 Å². The number of aliphatic hydroxyl groups excluding tert-OH is 1. The molecule has 7 heteroatoms. The fraction of sp³-hybridized carbons (Fsp3) is 0.250. The second kappa shape index (κ2) is 11.4.